The van der Waals surface area contributed by atoms with Crippen molar-refractivity contribution in [3.8, 4) is 0 Å². The molecule has 1 aromatic heterocycles. The molecule has 0 N–H and O–H groups in total. The Labute approximate surface area is 159 Å². The van der Waals surface area contributed by atoms with Gasteiger partial charge in [0.25, 0.3) is 0 Å². The van der Waals surface area contributed by atoms with E-state index in [1.807, 2.05) is 5.38 Å². The van der Waals surface area contributed by atoms with Crippen molar-refractivity contribution in [2.75, 3.05) is 6.61 Å². The summed E-state index contributed by atoms with van der Waals surface area (Å²) in [5.74, 6) is 0.196. The summed E-state index contributed by atoms with van der Waals surface area (Å²) in [5, 5.41) is 1.82. The first-order valence-corrected chi connectivity index (χ1v) is 10.2. The van der Waals surface area contributed by atoms with Crippen LogP contribution in [0.5, 0.6) is 0 Å². The molecule has 0 bridgehead atoms. The number of Topliss-reactive ketones (excluding diaryl/α,β-unsaturated/α-hetero) is 1. The average molecular weight is 381 g/mol. The number of esters is 2. The van der Waals surface area contributed by atoms with Crippen LogP contribution in [-0.4, -0.2) is 30.4 Å². The minimum absolute atomic E-state index is 0.0287. The van der Waals surface area contributed by atoms with Crippen molar-refractivity contribution < 1.29 is 23.9 Å². The number of ether oxygens (including phenoxy) is 2. The third kappa shape index (κ3) is 6.24. The van der Waals surface area contributed by atoms with Crippen LogP contribution in [0.1, 0.15) is 62.5 Å². The van der Waals surface area contributed by atoms with Gasteiger partial charge in [-0.15, -0.1) is 11.3 Å². The number of ketones is 1. The van der Waals surface area contributed by atoms with Crippen LogP contribution in [-0.2, 0) is 19.1 Å². The quantitative estimate of drug-likeness (QED) is 0.498. The van der Waals surface area contributed by atoms with Crippen molar-refractivity contribution >= 4 is 29.1 Å². The smallest absolute Gasteiger partial charge is 0.344 e. The normalized spacial score (nSPS) is 22.8. The highest BCUT2D eigenvalue weighted by atomic mass is 32.1. The summed E-state index contributed by atoms with van der Waals surface area (Å²) in [6.07, 6.45) is 3.03. The lowest BCUT2D eigenvalue weighted by Crippen LogP contribution is -2.36. The van der Waals surface area contributed by atoms with Gasteiger partial charge in [-0.3, -0.25) is 9.59 Å². The molecule has 0 aromatic carbocycles. The van der Waals surface area contributed by atoms with Crippen molar-refractivity contribution in [3.05, 3.63) is 22.4 Å². The van der Waals surface area contributed by atoms with Gasteiger partial charge in [0, 0.05) is 6.42 Å². The van der Waals surface area contributed by atoms with Crippen molar-refractivity contribution in [3.63, 3.8) is 0 Å². The predicted molar refractivity (Wildman–Crippen MR) is 100 cm³/mol. The molecule has 1 aliphatic rings. The van der Waals surface area contributed by atoms with E-state index in [1.54, 1.807) is 12.1 Å². The van der Waals surface area contributed by atoms with Gasteiger partial charge >= 0.3 is 11.9 Å². The molecule has 1 fully saturated rings. The van der Waals surface area contributed by atoms with E-state index in [0.717, 1.165) is 19.3 Å². The highest BCUT2D eigenvalue weighted by Gasteiger charge is 2.33. The second-order valence-electron chi connectivity index (χ2n) is 7.42. The Morgan fingerprint density at radius 1 is 1.19 bits per heavy atom. The lowest BCUT2D eigenvalue weighted by atomic mass is 9.75. The Kier molecular flexibility index (Phi) is 7.82. The molecule has 1 aromatic rings. The van der Waals surface area contributed by atoms with Gasteiger partial charge in [0.2, 0.25) is 0 Å². The largest absolute Gasteiger partial charge is 0.460 e. The number of carbonyl (C=O) groups excluding carboxylic acids is 3. The van der Waals surface area contributed by atoms with E-state index in [-0.39, 0.29) is 31.3 Å². The minimum atomic E-state index is -0.552. The molecule has 0 radical (unpaired) electrons. The molecule has 3 atom stereocenters. The maximum absolute atomic E-state index is 12.1. The van der Waals surface area contributed by atoms with E-state index in [9.17, 15) is 14.4 Å². The van der Waals surface area contributed by atoms with E-state index >= 15 is 0 Å². The first kappa shape index (κ1) is 20.6. The SMILES string of the molecule is CC(C)[C@@H]1CC[C@H](C)C[C@H]1OC(=O)COC(=O)CCC(=O)c1cccs1. The minimum Gasteiger partial charge on any atom is -0.460 e. The summed E-state index contributed by atoms with van der Waals surface area (Å²) in [6.45, 7) is 6.07. The van der Waals surface area contributed by atoms with Crippen LogP contribution in [0.4, 0.5) is 0 Å². The van der Waals surface area contributed by atoms with Gasteiger partial charge in [0.15, 0.2) is 12.4 Å². The molecule has 0 saturated heterocycles. The monoisotopic (exact) mass is 380 g/mol. The summed E-state index contributed by atoms with van der Waals surface area (Å²) >= 11 is 1.35. The Balaban J connectivity index is 1.71. The molecule has 1 aliphatic carbocycles. The van der Waals surface area contributed by atoms with E-state index in [0.29, 0.717) is 22.6 Å². The second-order valence-corrected chi connectivity index (χ2v) is 8.36. The van der Waals surface area contributed by atoms with Crippen LogP contribution < -0.4 is 0 Å². The van der Waals surface area contributed by atoms with Gasteiger partial charge in [-0.1, -0.05) is 33.3 Å². The number of hydrogen-bond donors (Lipinski definition) is 0. The zero-order chi connectivity index (χ0) is 19.1. The Morgan fingerprint density at radius 2 is 1.96 bits per heavy atom. The molecule has 26 heavy (non-hydrogen) atoms. The molecule has 1 saturated carbocycles. The number of thiophene rings is 1. The number of carbonyl (C=O) groups is 3. The van der Waals surface area contributed by atoms with Crippen molar-refractivity contribution in [2.24, 2.45) is 17.8 Å². The van der Waals surface area contributed by atoms with E-state index in [4.69, 9.17) is 9.47 Å². The molecular formula is C20H28O5S. The molecular weight excluding hydrogens is 352 g/mol. The van der Waals surface area contributed by atoms with Crippen molar-refractivity contribution in [1.82, 2.24) is 0 Å². The van der Waals surface area contributed by atoms with Crippen LogP contribution in [0.3, 0.4) is 0 Å². The third-order valence-corrected chi connectivity index (χ3v) is 5.86. The van der Waals surface area contributed by atoms with Crippen LogP contribution in [0.2, 0.25) is 0 Å². The van der Waals surface area contributed by atoms with Crippen LogP contribution in [0.25, 0.3) is 0 Å². The Morgan fingerprint density at radius 3 is 2.62 bits per heavy atom. The van der Waals surface area contributed by atoms with E-state index in [1.165, 1.54) is 11.3 Å². The lowest BCUT2D eigenvalue weighted by Gasteiger charge is -2.36. The highest BCUT2D eigenvalue weighted by molar-refractivity contribution is 7.12. The number of hydrogen-bond acceptors (Lipinski definition) is 6. The van der Waals surface area contributed by atoms with Gasteiger partial charge in [0.1, 0.15) is 6.10 Å². The predicted octanol–water partition coefficient (Wildman–Crippen LogP) is 4.26. The van der Waals surface area contributed by atoms with Gasteiger partial charge in [-0.25, -0.2) is 4.79 Å². The van der Waals surface area contributed by atoms with E-state index < -0.39 is 11.9 Å². The molecule has 6 heteroatoms. The molecule has 1 heterocycles. The zero-order valence-electron chi connectivity index (χ0n) is 15.7. The zero-order valence-corrected chi connectivity index (χ0v) is 16.6. The number of rotatable bonds is 8. The molecule has 5 nitrogen and oxygen atoms in total. The first-order valence-electron chi connectivity index (χ1n) is 9.28. The van der Waals surface area contributed by atoms with E-state index in [2.05, 4.69) is 20.8 Å². The van der Waals surface area contributed by atoms with Crippen LogP contribution >= 0.6 is 11.3 Å². The molecule has 0 amide bonds. The van der Waals surface area contributed by atoms with Gasteiger partial charge in [0.05, 0.1) is 11.3 Å². The average Bonchev–Trinajstić information content (AvgIpc) is 3.12. The van der Waals surface area contributed by atoms with Crippen LogP contribution in [0, 0.1) is 17.8 Å². The molecule has 0 unspecified atom stereocenters. The maximum atomic E-state index is 12.1. The second kappa shape index (κ2) is 9.86. The molecule has 2 rings (SSSR count). The fourth-order valence-corrected chi connectivity index (χ4v) is 4.14. The van der Waals surface area contributed by atoms with Gasteiger partial charge in [-0.05, 0) is 42.0 Å². The summed E-state index contributed by atoms with van der Waals surface area (Å²) in [5.41, 5.74) is 0. The maximum Gasteiger partial charge on any atom is 0.344 e. The molecule has 0 aliphatic heterocycles. The summed E-state index contributed by atoms with van der Waals surface area (Å²) in [7, 11) is 0. The molecule has 0 spiro atoms. The summed E-state index contributed by atoms with van der Waals surface area (Å²) in [6, 6.07) is 3.52. The fourth-order valence-electron chi connectivity index (χ4n) is 3.44. The Hall–Kier alpha value is -1.69. The van der Waals surface area contributed by atoms with Crippen LogP contribution in [0.15, 0.2) is 17.5 Å². The van der Waals surface area contributed by atoms with Gasteiger partial charge < -0.3 is 9.47 Å². The summed E-state index contributed by atoms with van der Waals surface area (Å²) in [4.78, 5) is 36.3. The van der Waals surface area contributed by atoms with Crippen molar-refractivity contribution in [2.45, 2.75) is 59.0 Å². The topological polar surface area (TPSA) is 69.7 Å². The third-order valence-electron chi connectivity index (χ3n) is 4.95. The highest BCUT2D eigenvalue weighted by Crippen LogP contribution is 2.35. The van der Waals surface area contributed by atoms with Gasteiger partial charge in [-0.2, -0.15) is 0 Å². The summed E-state index contributed by atoms with van der Waals surface area (Å²) < 4.78 is 10.6. The Bertz CT molecular complexity index is 608. The first-order chi connectivity index (χ1) is 12.4. The standard InChI is InChI=1S/C20H28O5S/c1-13(2)15-7-6-14(3)11-17(15)25-20(23)12-24-19(22)9-8-16(21)18-5-4-10-26-18/h4-5,10,13-15,17H,6-9,11-12H2,1-3H3/t14-,15-,17+/m0/s1. The lowest BCUT2D eigenvalue weighted by molar-refractivity contribution is -0.167. The van der Waals surface area contributed by atoms with Crippen molar-refractivity contribution in [1.29, 1.82) is 0 Å². The molecule has 144 valence electrons. The fraction of sp³-hybridized carbons (Fsp3) is 0.650.